The molecular formula is C20H22N2O4. The number of nitrogens with one attached hydrogen (secondary N) is 1. The summed E-state index contributed by atoms with van der Waals surface area (Å²) < 4.78 is 5.30. The quantitative estimate of drug-likeness (QED) is 0.880. The van der Waals surface area contributed by atoms with E-state index in [0.717, 1.165) is 41.4 Å². The molecule has 1 aromatic carbocycles. The summed E-state index contributed by atoms with van der Waals surface area (Å²) in [7, 11) is 0. The van der Waals surface area contributed by atoms with Gasteiger partial charge in [0.2, 0.25) is 0 Å². The van der Waals surface area contributed by atoms with Crippen molar-refractivity contribution in [1.82, 2.24) is 10.3 Å². The van der Waals surface area contributed by atoms with E-state index in [4.69, 9.17) is 9.72 Å². The number of amides is 1. The van der Waals surface area contributed by atoms with E-state index in [2.05, 4.69) is 5.32 Å². The summed E-state index contributed by atoms with van der Waals surface area (Å²) >= 11 is 0. The first-order chi connectivity index (χ1) is 12.6. The van der Waals surface area contributed by atoms with Crippen LogP contribution in [0.2, 0.25) is 0 Å². The number of aryl methyl sites for hydroxylation is 1. The molecular weight excluding hydrogens is 332 g/mol. The zero-order chi connectivity index (χ0) is 18.1. The zero-order valence-corrected chi connectivity index (χ0v) is 14.6. The Morgan fingerprint density at radius 1 is 1.19 bits per heavy atom. The molecule has 0 unspecified atom stereocenters. The minimum atomic E-state index is -0.945. The Bertz CT molecular complexity index is 871. The first kappa shape index (κ1) is 17.0. The summed E-state index contributed by atoms with van der Waals surface area (Å²) in [5.41, 5.74) is 2.54. The summed E-state index contributed by atoms with van der Waals surface area (Å²) in [4.78, 5) is 29.6. The Labute approximate surface area is 151 Å². The maximum Gasteiger partial charge on any atom is 0.311 e. The third-order valence-corrected chi connectivity index (χ3v) is 5.64. The second-order valence-corrected chi connectivity index (χ2v) is 7.16. The highest BCUT2D eigenvalue weighted by molar-refractivity contribution is 6.08. The molecule has 1 aliphatic carbocycles. The Hall–Kier alpha value is -2.47. The predicted octanol–water partition coefficient (Wildman–Crippen LogP) is 2.33. The van der Waals surface area contributed by atoms with Crippen molar-refractivity contribution < 1.29 is 19.4 Å². The number of aromatic nitrogens is 1. The Morgan fingerprint density at radius 3 is 2.73 bits per heavy atom. The summed E-state index contributed by atoms with van der Waals surface area (Å²) in [5.74, 6) is -1.07. The second kappa shape index (κ2) is 6.68. The molecule has 2 N–H and O–H groups in total. The van der Waals surface area contributed by atoms with Crippen molar-refractivity contribution in [2.45, 2.75) is 32.1 Å². The number of pyridine rings is 1. The van der Waals surface area contributed by atoms with E-state index in [0.29, 0.717) is 31.6 Å². The minimum Gasteiger partial charge on any atom is -0.481 e. The van der Waals surface area contributed by atoms with Gasteiger partial charge in [-0.1, -0.05) is 18.2 Å². The van der Waals surface area contributed by atoms with E-state index < -0.39 is 11.4 Å². The van der Waals surface area contributed by atoms with Crippen molar-refractivity contribution in [2.75, 3.05) is 19.8 Å². The molecule has 1 aliphatic heterocycles. The number of carbonyl (C=O) groups is 2. The van der Waals surface area contributed by atoms with Gasteiger partial charge in [-0.25, -0.2) is 0 Å². The van der Waals surface area contributed by atoms with Crippen LogP contribution in [0.25, 0.3) is 10.9 Å². The third-order valence-electron chi connectivity index (χ3n) is 5.64. The van der Waals surface area contributed by atoms with Crippen molar-refractivity contribution in [2.24, 2.45) is 5.41 Å². The molecule has 0 bridgehead atoms. The Balaban J connectivity index is 1.65. The van der Waals surface area contributed by atoms with Crippen molar-refractivity contribution in [3.05, 3.63) is 41.1 Å². The fraction of sp³-hybridized carbons (Fsp3) is 0.450. The number of benzene rings is 1. The summed E-state index contributed by atoms with van der Waals surface area (Å²) in [6.45, 7) is 0.946. The molecule has 0 atom stereocenters. The van der Waals surface area contributed by atoms with Gasteiger partial charge in [0.05, 0.1) is 16.5 Å². The van der Waals surface area contributed by atoms with E-state index in [1.165, 1.54) is 0 Å². The van der Waals surface area contributed by atoms with Crippen LogP contribution in [-0.2, 0) is 22.4 Å². The number of rotatable bonds is 4. The molecule has 0 spiro atoms. The highest BCUT2D eigenvalue weighted by Gasteiger charge is 2.40. The van der Waals surface area contributed by atoms with Gasteiger partial charge in [-0.05, 0) is 43.7 Å². The van der Waals surface area contributed by atoms with Gasteiger partial charge < -0.3 is 15.2 Å². The number of carboxylic acid groups (broad SMARTS) is 1. The SMILES string of the molecule is O=C(NCC1(C(=O)O)CCOCC1)c1c2c(nc3ccccc13)CCC2. The lowest BCUT2D eigenvalue weighted by Crippen LogP contribution is -2.46. The molecule has 0 radical (unpaired) electrons. The molecule has 2 aliphatic rings. The van der Waals surface area contributed by atoms with Gasteiger partial charge in [-0.3, -0.25) is 14.6 Å². The molecule has 1 saturated heterocycles. The van der Waals surface area contributed by atoms with E-state index in [9.17, 15) is 14.7 Å². The molecule has 4 rings (SSSR count). The highest BCUT2D eigenvalue weighted by Crippen LogP contribution is 2.32. The van der Waals surface area contributed by atoms with Crippen LogP contribution < -0.4 is 5.32 Å². The first-order valence-corrected chi connectivity index (χ1v) is 9.11. The van der Waals surface area contributed by atoms with Crippen LogP contribution in [0, 0.1) is 5.41 Å². The van der Waals surface area contributed by atoms with Gasteiger partial charge in [0.15, 0.2) is 0 Å². The topological polar surface area (TPSA) is 88.5 Å². The number of nitrogens with zero attached hydrogens (tertiary/aromatic N) is 1. The van der Waals surface area contributed by atoms with Gasteiger partial charge in [0.1, 0.15) is 0 Å². The van der Waals surface area contributed by atoms with Crippen LogP contribution in [0.1, 0.15) is 40.9 Å². The van der Waals surface area contributed by atoms with Gasteiger partial charge >= 0.3 is 5.97 Å². The predicted molar refractivity (Wildman–Crippen MR) is 96.2 cm³/mol. The smallest absolute Gasteiger partial charge is 0.311 e. The minimum absolute atomic E-state index is 0.121. The molecule has 1 fully saturated rings. The van der Waals surface area contributed by atoms with Crippen molar-refractivity contribution in [3.8, 4) is 0 Å². The molecule has 136 valence electrons. The number of ether oxygens (including phenoxy) is 1. The monoisotopic (exact) mass is 354 g/mol. The lowest BCUT2D eigenvalue weighted by molar-refractivity contribution is -0.154. The van der Waals surface area contributed by atoms with Gasteiger partial charge in [-0.15, -0.1) is 0 Å². The van der Waals surface area contributed by atoms with Gasteiger partial charge in [-0.2, -0.15) is 0 Å². The molecule has 6 nitrogen and oxygen atoms in total. The van der Waals surface area contributed by atoms with Crippen LogP contribution in [0.5, 0.6) is 0 Å². The van der Waals surface area contributed by atoms with Crippen molar-refractivity contribution in [3.63, 3.8) is 0 Å². The summed E-state index contributed by atoms with van der Waals surface area (Å²) in [5, 5.41) is 13.4. The zero-order valence-electron chi connectivity index (χ0n) is 14.6. The Morgan fingerprint density at radius 2 is 1.96 bits per heavy atom. The number of aliphatic carboxylic acids is 1. The molecule has 26 heavy (non-hydrogen) atoms. The average molecular weight is 354 g/mol. The number of carboxylic acids is 1. The van der Waals surface area contributed by atoms with E-state index in [1.54, 1.807) is 0 Å². The normalized spacial score (nSPS) is 18.5. The number of fused-ring (bicyclic) bond motifs is 2. The largest absolute Gasteiger partial charge is 0.481 e. The maximum absolute atomic E-state index is 13.1. The van der Waals surface area contributed by atoms with Crippen LogP contribution in [0.15, 0.2) is 24.3 Å². The number of hydrogen-bond acceptors (Lipinski definition) is 4. The fourth-order valence-electron chi connectivity index (χ4n) is 4.04. The number of hydrogen-bond donors (Lipinski definition) is 2. The maximum atomic E-state index is 13.1. The summed E-state index contributed by atoms with van der Waals surface area (Å²) in [6.07, 6.45) is 3.55. The first-order valence-electron chi connectivity index (χ1n) is 9.11. The number of para-hydroxylation sites is 1. The van der Waals surface area contributed by atoms with E-state index in [-0.39, 0.29) is 12.5 Å². The molecule has 2 heterocycles. The van der Waals surface area contributed by atoms with Gasteiger partial charge in [0.25, 0.3) is 5.91 Å². The van der Waals surface area contributed by atoms with Crippen LogP contribution in [0.4, 0.5) is 0 Å². The van der Waals surface area contributed by atoms with Crippen LogP contribution in [-0.4, -0.2) is 41.7 Å². The molecule has 1 amide bonds. The van der Waals surface area contributed by atoms with Crippen molar-refractivity contribution >= 4 is 22.8 Å². The molecule has 1 aromatic heterocycles. The van der Waals surface area contributed by atoms with Crippen LogP contribution in [0.3, 0.4) is 0 Å². The van der Waals surface area contributed by atoms with E-state index >= 15 is 0 Å². The van der Waals surface area contributed by atoms with Crippen molar-refractivity contribution in [1.29, 1.82) is 0 Å². The lowest BCUT2D eigenvalue weighted by Gasteiger charge is -2.33. The summed E-state index contributed by atoms with van der Waals surface area (Å²) in [6, 6.07) is 7.65. The standard InChI is InChI=1S/C20H22N2O4/c23-18(21-12-20(19(24)25)8-10-26-11-9-20)17-13-4-1-2-6-15(13)22-16-7-3-5-14(16)17/h1-2,4,6H,3,5,7-12H2,(H,21,23)(H,24,25). The molecule has 2 aromatic rings. The third kappa shape index (κ3) is 2.84. The molecule has 0 saturated carbocycles. The van der Waals surface area contributed by atoms with Gasteiger partial charge in [0, 0.05) is 30.8 Å². The average Bonchev–Trinajstić information content (AvgIpc) is 3.12. The second-order valence-electron chi connectivity index (χ2n) is 7.16. The highest BCUT2D eigenvalue weighted by atomic mass is 16.5. The lowest BCUT2D eigenvalue weighted by atomic mass is 9.80. The molecule has 6 heteroatoms. The van der Waals surface area contributed by atoms with Crippen LogP contribution >= 0.6 is 0 Å². The number of carbonyl (C=O) groups excluding carboxylic acids is 1. The van der Waals surface area contributed by atoms with E-state index in [1.807, 2.05) is 24.3 Å². The fourth-order valence-corrected chi connectivity index (χ4v) is 4.04. The Kier molecular flexibility index (Phi) is 4.36.